The number of esters is 1. The molecule has 2 N–H and O–H groups in total. The summed E-state index contributed by atoms with van der Waals surface area (Å²) in [6.07, 6.45) is 5.62. The first-order valence-electron chi connectivity index (χ1n) is 6.59. The van der Waals surface area contributed by atoms with Gasteiger partial charge in [0.15, 0.2) is 5.13 Å². The van der Waals surface area contributed by atoms with Crippen molar-refractivity contribution in [3.8, 4) is 0 Å². The molecule has 0 aliphatic heterocycles. The molecule has 0 saturated heterocycles. The molecular formula is C14H16N2O2S. The predicted octanol–water partition coefficient (Wildman–Crippen LogP) is 3.37. The van der Waals surface area contributed by atoms with Gasteiger partial charge in [-0.1, -0.05) is 17.8 Å². The minimum atomic E-state index is -0.235. The highest BCUT2D eigenvalue weighted by Gasteiger charge is 2.19. The van der Waals surface area contributed by atoms with Crippen LogP contribution in [0.2, 0.25) is 0 Å². The molecule has 1 heterocycles. The molecule has 1 aliphatic carbocycles. The minimum Gasteiger partial charge on any atom is -0.459 e. The Morgan fingerprint density at radius 3 is 2.89 bits per heavy atom. The lowest BCUT2D eigenvalue weighted by molar-refractivity contribution is 0.0211. The van der Waals surface area contributed by atoms with Crippen LogP contribution in [0.15, 0.2) is 18.2 Å². The number of nitrogen functional groups attached to an aromatic ring is 1. The van der Waals surface area contributed by atoms with Crippen molar-refractivity contribution < 1.29 is 9.53 Å². The first-order chi connectivity index (χ1) is 9.22. The molecule has 3 rings (SSSR count). The number of ether oxygens (including phenoxy) is 1. The second-order valence-corrected chi connectivity index (χ2v) is 5.96. The number of carbonyl (C=O) groups excluding carboxylic acids is 1. The highest BCUT2D eigenvalue weighted by atomic mass is 32.1. The van der Waals surface area contributed by atoms with E-state index in [-0.39, 0.29) is 12.1 Å². The van der Waals surface area contributed by atoms with Crippen LogP contribution in [-0.2, 0) is 4.74 Å². The van der Waals surface area contributed by atoms with E-state index < -0.39 is 0 Å². The molecule has 19 heavy (non-hydrogen) atoms. The molecule has 0 bridgehead atoms. The van der Waals surface area contributed by atoms with Gasteiger partial charge in [-0.15, -0.1) is 0 Å². The summed E-state index contributed by atoms with van der Waals surface area (Å²) in [5.41, 5.74) is 7.07. The number of rotatable bonds is 2. The van der Waals surface area contributed by atoms with Gasteiger partial charge < -0.3 is 10.5 Å². The number of hydrogen-bond acceptors (Lipinski definition) is 5. The molecular weight excluding hydrogens is 260 g/mol. The number of fused-ring (bicyclic) bond motifs is 1. The van der Waals surface area contributed by atoms with Crippen LogP contribution in [0.1, 0.15) is 42.5 Å². The second-order valence-electron chi connectivity index (χ2n) is 4.90. The molecule has 100 valence electrons. The van der Waals surface area contributed by atoms with Crippen LogP contribution in [0, 0.1) is 0 Å². The molecule has 0 spiro atoms. The van der Waals surface area contributed by atoms with E-state index in [1.54, 1.807) is 6.07 Å². The highest BCUT2D eigenvalue weighted by molar-refractivity contribution is 7.22. The Morgan fingerprint density at radius 2 is 2.11 bits per heavy atom. The van der Waals surface area contributed by atoms with Crippen LogP contribution in [0.25, 0.3) is 10.2 Å². The Labute approximate surface area is 115 Å². The molecule has 4 nitrogen and oxygen atoms in total. The third-order valence-corrected chi connectivity index (χ3v) is 4.31. The summed E-state index contributed by atoms with van der Waals surface area (Å²) in [5.74, 6) is -0.235. The van der Waals surface area contributed by atoms with Crippen LogP contribution in [-0.4, -0.2) is 17.1 Å². The van der Waals surface area contributed by atoms with Gasteiger partial charge in [-0.2, -0.15) is 0 Å². The van der Waals surface area contributed by atoms with E-state index in [2.05, 4.69) is 4.98 Å². The van der Waals surface area contributed by atoms with Gasteiger partial charge in [-0.05, 0) is 43.9 Å². The fraction of sp³-hybridized carbons (Fsp3) is 0.429. The smallest absolute Gasteiger partial charge is 0.338 e. The van der Waals surface area contributed by atoms with Crippen LogP contribution in [0.3, 0.4) is 0 Å². The molecule has 0 unspecified atom stereocenters. The molecule has 0 radical (unpaired) electrons. The Bertz CT molecular complexity index is 603. The van der Waals surface area contributed by atoms with Gasteiger partial charge in [0, 0.05) is 0 Å². The molecule has 1 aromatic carbocycles. The van der Waals surface area contributed by atoms with Crippen molar-refractivity contribution in [2.75, 3.05) is 5.73 Å². The van der Waals surface area contributed by atoms with Gasteiger partial charge in [0.25, 0.3) is 0 Å². The average molecular weight is 276 g/mol. The first-order valence-corrected chi connectivity index (χ1v) is 7.41. The maximum Gasteiger partial charge on any atom is 0.338 e. The van der Waals surface area contributed by atoms with Gasteiger partial charge in [0.05, 0.1) is 15.8 Å². The highest BCUT2D eigenvalue weighted by Crippen LogP contribution is 2.26. The lowest BCUT2D eigenvalue weighted by Gasteiger charge is -2.21. The molecule has 1 aliphatic rings. The zero-order chi connectivity index (χ0) is 13.2. The second kappa shape index (κ2) is 5.17. The number of benzene rings is 1. The maximum absolute atomic E-state index is 12.1. The summed E-state index contributed by atoms with van der Waals surface area (Å²) in [5, 5.41) is 0.521. The molecule has 1 fully saturated rings. The fourth-order valence-corrected chi connectivity index (χ4v) is 3.25. The van der Waals surface area contributed by atoms with Crippen molar-refractivity contribution in [3.05, 3.63) is 23.8 Å². The van der Waals surface area contributed by atoms with Gasteiger partial charge in [0.1, 0.15) is 6.10 Å². The topological polar surface area (TPSA) is 65.2 Å². The summed E-state index contributed by atoms with van der Waals surface area (Å²) in [6.45, 7) is 0. The summed E-state index contributed by atoms with van der Waals surface area (Å²) < 4.78 is 6.47. The number of hydrogen-bond donors (Lipinski definition) is 1. The van der Waals surface area contributed by atoms with Crippen molar-refractivity contribution in [1.82, 2.24) is 4.98 Å². The molecule has 0 atom stereocenters. The number of nitrogens with zero attached hydrogens (tertiary/aromatic N) is 1. The molecule has 0 amide bonds. The predicted molar refractivity (Wildman–Crippen MR) is 76.3 cm³/mol. The Hall–Kier alpha value is -1.62. The summed E-state index contributed by atoms with van der Waals surface area (Å²) in [7, 11) is 0. The van der Waals surface area contributed by atoms with Crippen LogP contribution < -0.4 is 5.73 Å². The monoisotopic (exact) mass is 276 g/mol. The van der Waals surface area contributed by atoms with E-state index >= 15 is 0 Å². The average Bonchev–Trinajstić information content (AvgIpc) is 2.78. The van der Waals surface area contributed by atoms with Crippen LogP contribution in [0.4, 0.5) is 5.13 Å². The molecule has 1 saturated carbocycles. The van der Waals surface area contributed by atoms with E-state index in [0.717, 1.165) is 35.9 Å². The van der Waals surface area contributed by atoms with Crippen molar-refractivity contribution in [3.63, 3.8) is 0 Å². The quantitative estimate of drug-likeness (QED) is 0.854. The first kappa shape index (κ1) is 12.4. The zero-order valence-corrected chi connectivity index (χ0v) is 11.4. The third kappa shape index (κ3) is 2.71. The Balaban J connectivity index is 1.76. The lowest BCUT2D eigenvalue weighted by Crippen LogP contribution is -2.20. The zero-order valence-electron chi connectivity index (χ0n) is 10.6. The SMILES string of the molecule is Nc1nc2ccc(C(=O)OC3CCCCC3)cc2s1. The largest absolute Gasteiger partial charge is 0.459 e. The fourth-order valence-electron chi connectivity index (χ4n) is 2.47. The Morgan fingerprint density at radius 1 is 1.32 bits per heavy atom. The number of anilines is 1. The van der Waals surface area contributed by atoms with Gasteiger partial charge in [-0.25, -0.2) is 9.78 Å². The van der Waals surface area contributed by atoms with Gasteiger partial charge in [-0.3, -0.25) is 0 Å². The maximum atomic E-state index is 12.1. The number of carbonyl (C=O) groups is 1. The third-order valence-electron chi connectivity index (χ3n) is 3.47. The molecule has 2 aromatic rings. The van der Waals surface area contributed by atoms with Crippen LogP contribution in [0.5, 0.6) is 0 Å². The van der Waals surface area contributed by atoms with Crippen molar-refractivity contribution in [2.24, 2.45) is 0 Å². The summed E-state index contributed by atoms with van der Waals surface area (Å²) >= 11 is 1.39. The number of nitrogens with two attached hydrogens (primary N) is 1. The van der Waals surface area contributed by atoms with Crippen molar-refractivity contribution in [2.45, 2.75) is 38.2 Å². The minimum absolute atomic E-state index is 0.0866. The lowest BCUT2D eigenvalue weighted by atomic mass is 9.98. The van der Waals surface area contributed by atoms with E-state index in [9.17, 15) is 4.79 Å². The Kier molecular flexibility index (Phi) is 3.38. The van der Waals surface area contributed by atoms with Crippen LogP contribution >= 0.6 is 11.3 Å². The van der Waals surface area contributed by atoms with E-state index in [1.807, 2.05) is 12.1 Å². The summed E-state index contributed by atoms with van der Waals surface area (Å²) in [4.78, 5) is 16.3. The van der Waals surface area contributed by atoms with Crippen molar-refractivity contribution in [1.29, 1.82) is 0 Å². The van der Waals surface area contributed by atoms with Crippen molar-refractivity contribution >= 4 is 32.7 Å². The summed E-state index contributed by atoms with van der Waals surface area (Å²) in [6, 6.07) is 5.39. The van der Waals surface area contributed by atoms with Gasteiger partial charge in [0.2, 0.25) is 0 Å². The van der Waals surface area contributed by atoms with Gasteiger partial charge >= 0.3 is 5.97 Å². The van der Waals surface area contributed by atoms with E-state index in [0.29, 0.717) is 10.7 Å². The van der Waals surface area contributed by atoms with E-state index in [4.69, 9.17) is 10.5 Å². The molecule has 5 heteroatoms. The standard InChI is InChI=1S/C14H16N2O2S/c15-14-16-11-7-6-9(8-12(11)19-14)13(17)18-10-4-2-1-3-5-10/h6-8,10H,1-5H2,(H2,15,16). The number of thiazole rings is 1. The number of aromatic nitrogens is 1. The molecule has 1 aromatic heterocycles. The normalized spacial score (nSPS) is 16.6. The van der Waals surface area contributed by atoms with E-state index in [1.165, 1.54) is 17.8 Å².